The van der Waals surface area contributed by atoms with E-state index in [9.17, 15) is 14.4 Å². The van der Waals surface area contributed by atoms with Gasteiger partial charge in [0.05, 0.1) is 22.9 Å². The van der Waals surface area contributed by atoms with E-state index in [1.807, 2.05) is 43.5 Å². The number of fused-ring (bicyclic) bond motifs is 1. The van der Waals surface area contributed by atoms with Crippen LogP contribution in [0.5, 0.6) is 5.75 Å². The van der Waals surface area contributed by atoms with E-state index in [2.05, 4.69) is 10.4 Å². The summed E-state index contributed by atoms with van der Waals surface area (Å²) in [7, 11) is 4.92. The van der Waals surface area contributed by atoms with Crippen molar-refractivity contribution in [1.29, 1.82) is 0 Å². The largest absolute Gasteiger partial charge is 0.487 e. The number of ether oxygens (including phenoxy) is 1. The maximum absolute atomic E-state index is 13.0. The molecule has 0 atom stereocenters. The number of para-hydroxylation sites is 1. The van der Waals surface area contributed by atoms with Gasteiger partial charge in [0.1, 0.15) is 17.9 Å². The Hall–Kier alpha value is -4.90. The van der Waals surface area contributed by atoms with Crippen molar-refractivity contribution in [2.24, 2.45) is 0 Å². The summed E-state index contributed by atoms with van der Waals surface area (Å²) in [5, 5.41) is 8.44. The van der Waals surface area contributed by atoms with Crippen LogP contribution in [0.25, 0.3) is 22.7 Å². The Bertz CT molecular complexity index is 1980. The molecule has 0 saturated carbocycles. The lowest BCUT2D eigenvalue weighted by Crippen LogP contribution is -2.37. The highest BCUT2D eigenvalue weighted by Crippen LogP contribution is 2.36. The quantitative estimate of drug-likeness (QED) is 0.165. The molecule has 0 fully saturated rings. The van der Waals surface area contributed by atoms with E-state index in [-0.39, 0.29) is 36.5 Å². The summed E-state index contributed by atoms with van der Waals surface area (Å²) in [6, 6.07) is 19.6. The van der Waals surface area contributed by atoms with E-state index in [4.69, 9.17) is 32.9 Å². The highest BCUT2D eigenvalue weighted by molar-refractivity contribution is 6.38. The molecule has 0 radical (unpaired) electrons. The summed E-state index contributed by atoms with van der Waals surface area (Å²) < 4.78 is 7.99. The molecular weight excluding hydrogens is 675 g/mol. The molecule has 13 heteroatoms. The number of rotatable bonds is 10. The molecule has 0 aliphatic carbocycles. The SMILES string of the molecule is Cc1cc(-n2cccn2)c2cccc(OCc3c(Cl)ccc(N(C)C(=O)CNC(=O)/C=C/c4ccc(C(=O)N(C)C)cc4)c3Cl)c2n1.Cl. The van der Waals surface area contributed by atoms with Crippen molar-refractivity contribution in [3.63, 3.8) is 0 Å². The Morgan fingerprint density at radius 2 is 1.75 bits per heavy atom. The van der Waals surface area contributed by atoms with Gasteiger partial charge >= 0.3 is 0 Å². The third-order valence-corrected chi connectivity index (χ3v) is 8.11. The Morgan fingerprint density at radius 1 is 1.00 bits per heavy atom. The number of halogens is 3. The van der Waals surface area contributed by atoms with E-state index in [0.717, 1.165) is 22.3 Å². The summed E-state index contributed by atoms with van der Waals surface area (Å²) in [5.41, 5.74) is 4.51. The van der Waals surface area contributed by atoms with Gasteiger partial charge in [-0.05, 0) is 61.0 Å². The first-order valence-electron chi connectivity index (χ1n) is 14.6. The lowest BCUT2D eigenvalue weighted by molar-refractivity contribution is -0.122. The van der Waals surface area contributed by atoms with Crippen molar-refractivity contribution in [2.45, 2.75) is 13.5 Å². The standard InChI is InChI=1S/C35H32Cl2N6O4.ClH/c1-22-19-29(43-18-6-17-39-43)25-7-5-8-30(34(25)40-22)47-21-26-27(36)14-15-28(33(26)37)42(4)32(45)20-38-31(44)16-11-23-9-12-24(13-10-23)35(46)41(2)3;/h5-19H,20-21H2,1-4H3,(H,38,44);1H/b16-11+;. The van der Waals surface area contributed by atoms with Gasteiger partial charge in [-0.15, -0.1) is 12.4 Å². The number of amides is 3. The number of benzene rings is 3. The van der Waals surface area contributed by atoms with Crippen LogP contribution in [-0.2, 0) is 16.2 Å². The van der Waals surface area contributed by atoms with Gasteiger partial charge in [0.15, 0.2) is 0 Å². The smallest absolute Gasteiger partial charge is 0.253 e. The molecule has 10 nitrogen and oxygen atoms in total. The van der Waals surface area contributed by atoms with Crippen LogP contribution < -0.4 is 15.0 Å². The Balaban J connectivity index is 0.00000520. The first-order chi connectivity index (χ1) is 22.5. The number of hydrogen-bond donors (Lipinski definition) is 1. The monoisotopic (exact) mass is 706 g/mol. The molecule has 0 spiro atoms. The first kappa shape index (κ1) is 35.9. The van der Waals surface area contributed by atoms with Gasteiger partial charge in [-0.25, -0.2) is 9.67 Å². The fourth-order valence-corrected chi connectivity index (χ4v) is 5.42. The Labute approximate surface area is 294 Å². The van der Waals surface area contributed by atoms with Gasteiger partial charge in [-0.3, -0.25) is 14.4 Å². The summed E-state index contributed by atoms with van der Waals surface area (Å²) in [4.78, 5) is 45.1. The molecule has 0 aliphatic heterocycles. The van der Waals surface area contributed by atoms with Crippen molar-refractivity contribution >= 4 is 76.0 Å². The molecular formula is C35H33Cl3N6O4. The molecule has 2 aromatic heterocycles. The fourth-order valence-electron chi connectivity index (χ4n) is 4.81. The van der Waals surface area contributed by atoms with Crippen molar-refractivity contribution in [3.05, 3.63) is 118 Å². The average molecular weight is 708 g/mol. The molecule has 2 heterocycles. The number of aromatic nitrogens is 3. The molecule has 48 heavy (non-hydrogen) atoms. The first-order valence-corrected chi connectivity index (χ1v) is 15.3. The molecule has 0 bridgehead atoms. The second kappa shape index (κ2) is 15.8. The van der Waals surface area contributed by atoms with Crippen molar-refractivity contribution in [1.82, 2.24) is 25.0 Å². The zero-order valence-corrected chi connectivity index (χ0v) is 28.9. The molecule has 5 aromatic rings. The molecule has 0 unspecified atom stereocenters. The fraction of sp³-hybridized carbons (Fsp3) is 0.171. The minimum absolute atomic E-state index is 0. The van der Waals surface area contributed by atoms with Crippen LogP contribution in [-0.4, -0.2) is 65.1 Å². The van der Waals surface area contributed by atoms with E-state index in [1.54, 1.807) is 74.5 Å². The Kier molecular flexibility index (Phi) is 11.8. The predicted octanol–water partition coefficient (Wildman–Crippen LogP) is 6.53. The summed E-state index contributed by atoms with van der Waals surface area (Å²) >= 11 is 13.3. The zero-order chi connectivity index (χ0) is 33.7. The minimum Gasteiger partial charge on any atom is -0.487 e. The van der Waals surface area contributed by atoms with Gasteiger partial charge < -0.3 is 19.9 Å². The highest BCUT2D eigenvalue weighted by atomic mass is 35.5. The van der Waals surface area contributed by atoms with Crippen LogP contribution in [0.15, 0.2) is 85.2 Å². The number of nitrogens with one attached hydrogen (secondary N) is 1. The number of anilines is 1. The molecule has 0 aliphatic rings. The number of carbonyl (C=O) groups excluding carboxylic acids is 3. The van der Waals surface area contributed by atoms with E-state index in [0.29, 0.717) is 33.1 Å². The Morgan fingerprint density at radius 3 is 2.44 bits per heavy atom. The zero-order valence-electron chi connectivity index (χ0n) is 26.6. The highest BCUT2D eigenvalue weighted by Gasteiger charge is 2.20. The summed E-state index contributed by atoms with van der Waals surface area (Å²) in [6.45, 7) is 1.66. The normalized spacial score (nSPS) is 10.9. The lowest BCUT2D eigenvalue weighted by Gasteiger charge is -2.21. The van der Waals surface area contributed by atoms with Gasteiger partial charge in [0.25, 0.3) is 5.91 Å². The number of aryl methyl sites for hydroxylation is 1. The van der Waals surface area contributed by atoms with E-state index in [1.165, 1.54) is 15.9 Å². The van der Waals surface area contributed by atoms with Crippen LogP contribution in [0.1, 0.15) is 27.2 Å². The number of nitrogens with zero attached hydrogens (tertiary/aromatic N) is 5. The van der Waals surface area contributed by atoms with Crippen molar-refractivity contribution < 1.29 is 19.1 Å². The van der Waals surface area contributed by atoms with Gasteiger partial charge in [0.2, 0.25) is 11.8 Å². The van der Waals surface area contributed by atoms with Crippen LogP contribution in [0.3, 0.4) is 0 Å². The van der Waals surface area contributed by atoms with Gasteiger partial charge in [-0.2, -0.15) is 5.10 Å². The molecule has 0 saturated heterocycles. The third-order valence-electron chi connectivity index (χ3n) is 7.34. The van der Waals surface area contributed by atoms with Crippen LogP contribution in [0.4, 0.5) is 5.69 Å². The van der Waals surface area contributed by atoms with Crippen LogP contribution in [0, 0.1) is 6.92 Å². The number of carbonyl (C=O) groups is 3. The van der Waals surface area contributed by atoms with Crippen LogP contribution >= 0.6 is 35.6 Å². The number of hydrogen-bond acceptors (Lipinski definition) is 6. The molecule has 5 rings (SSSR count). The van der Waals surface area contributed by atoms with Crippen LogP contribution in [0.2, 0.25) is 10.0 Å². The average Bonchev–Trinajstić information content (AvgIpc) is 3.60. The third kappa shape index (κ3) is 8.14. The topological polar surface area (TPSA) is 110 Å². The second-order valence-corrected chi connectivity index (χ2v) is 11.6. The maximum Gasteiger partial charge on any atom is 0.253 e. The van der Waals surface area contributed by atoms with E-state index < -0.39 is 11.8 Å². The van der Waals surface area contributed by atoms with E-state index >= 15 is 0 Å². The minimum atomic E-state index is -0.453. The molecule has 3 amide bonds. The number of pyridine rings is 1. The molecule has 3 aromatic carbocycles. The van der Waals surface area contributed by atoms with Crippen molar-refractivity contribution in [3.8, 4) is 11.4 Å². The second-order valence-electron chi connectivity index (χ2n) is 10.9. The number of likely N-dealkylation sites (N-methyl/N-ethyl adjacent to an activating group) is 1. The maximum atomic E-state index is 13.0. The summed E-state index contributed by atoms with van der Waals surface area (Å²) in [5.74, 6) is -0.422. The predicted molar refractivity (Wildman–Crippen MR) is 192 cm³/mol. The van der Waals surface area contributed by atoms with Gasteiger partial charge in [0, 0.05) is 66.8 Å². The van der Waals surface area contributed by atoms with Gasteiger partial charge in [-0.1, -0.05) is 47.5 Å². The molecule has 248 valence electrons. The van der Waals surface area contributed by atoms with Crippen molar-refractivity contribution in [2.75, 3.05) is 32.6 Å². The molecule has 1 N–H and O–H groups in total. The lowest BCUT2D eigenvalue weighted by atomic mass is 10.1. The summed E-state index contributed by atoms with van der Waals surface area (Å²) in [6.07, 6.45) is 6.50.